The standard InChI is InChI=1S/C12H13F3N2O/c1-7-6-17(2)10-8(12(13,14)15)4-3-5-9(10)16-11(7)18/h3-5,7H,6H2,1-2H3,(H,16,18). The Morgan fingerprint density at radius 2 is 2.06 bits per heavy atom. The van der Waals surface area contributed by atoms with Crippen molar-refractivity contribution in [1.29, 1.82) is 0 Å². The summed E-state index contributed by atoms with van der Waals surface area (Å²) in [6, 6.07) is 3.81. The molecule has 1 aromatic carbocycles. The second kappa shape index (κ2) is 4.19. The van der Waals surface area contributed by atoms with Crippen LogP contribution >= 0.6 is 0 Å². The molecular weight excluding hydrogens is 245 g/mol. The molecule has 3 nitrogen and oxygen atoms in total. The fraction of sp³-hybridized carbons (Fsp3) is 0.417. The number of para-hydroxylation sites is 1. The molecule has 0 aliphatic carbocycles. The average Bonchev–Trinajstić information content (AvgIpc) is 2.36. The quantitative estimate of drug-likeness (QED) is 0.776. The minimum Gasteiger partial charge on any atom is -0.372 e. The van der Waals surface area contributed by atoms with E-state index in [0.717, 1.165) is 6.07 Å². The zero-order valence-corrected chi connectivity index (χ0v) is 10.0. The van der Waals surface area contributed by atoms with Gasteiger partial charge in [-0.3, -0.25) is 4.79 Å². The van der Waals surface area contributed by atoms with Crippen LogP contribution in [-0.4, -0.2) is 19.5 Å². The predicted octanol–water partition coefficient (Wildman–Crippen LogP) is 2.73. The number of amides is 1. The van der Waals surface area contributed by atoms with Crippen LogP contribution in [0.2, 0.25) is 0 Å². The van der Waals surface area contributed by atoms with Gasteiger partial charge in [-0.05, 0) is 12.1 Å². The van der Waals surface area contributed by atoms with Gasteiger partial charge >= 0.3 is 6.18 Å². The molecule has 2 rings (SSSR count). The summed E-state index contributed by atoms with van der Waals surface area (Å²) in [4.78, 5) is 13.1. The first-order valence-electron chi connectivity index (χ1n) is 5.53. The van der Waals surface area contributed by atoms with Crippen molar-refractivity contribution in [1.82, 2.24) is 0 Å². The van der Waals surface area contributed by atoms with E-state index in [1.807, 2.05) is 0 Å². The Kier molecular flexibility index (Phi) is 2.96. The first-order chi connectivity index (χ1) is 8.30. The van der Waals surface area contributed by atoms with Crippen LogP contribution in [0.4, 0.5) is 24.5 Å². The van der Waals surface area contributed by atoms with Crippen molar-refractivity contribution in [2.24, 2.45) is 5.92 Å². The summed E-state index contributed by atoms with van der Waals surface area (Å²) in [5.41, 5.74) is -0.485. The second-order valence-corrected chi connectivity index (χ2v) is 4.47. The summed E-state index contributed by atoms with van der Waals surface area (Å²) in [7, 11) is 1.56. The normalized spacial score (nSPS) is 20.2. The molecule has 1 aromatic rings. The Morgan fingerprint density at radius 1 is 1.39 bits per heavy atom. The van der Waals surface area contributed by atoms with Crippen LogP contribution in [0.1, 0.15) is 12.5 Å². The monoisotopic (exact) mass is 258 g/mol. The molecule has 18 heavy (non-hydrogen) atoms. The van der Waals surface area contributed by atoms with E-state index in [0.29, 0.717) is 0 Å². The second-order valence-electron chi connectivity index (χ2n) is 4.47. The van der Waals surface area contributed by atoms with Crippen molar-refractivity contribution < 1.29 is 18.0 Å². The van der Waals surface area contributed by atoms with Gasteiger partial charge in [0.15, 0.2) is 0 Å². The average molecular weight is 258 g/mol. The molecule has 0 fully saturated rings. The lowest BCUT2D eigenvalue weighted by atomic mass is 10.1. The number of nitrogens with zero attached hydrogens (tertiary/aromatic N) is 1. The first kappa shape index (κ1) is 12.7. The van der Waals surface area contributed by atoms with E-state index in [2.05, 4.69) is 5.32 Å². The molecule has 0 bridgehead atoms. The number of nitrogens with one attached hydrogen (secondary N) is 1. The number of fused-ring (bicyclic) bond motifs is 1. The smallest absolute Gasteiger partial charge is 0.372 e. The molecule has 1 amide bonds. The Hall–Kier alpha value is -1.72. The van der Waals surface area contributed by atoms with Crippen LogP contribution in [0.15, 0.2) is 18.2 Å². The highest BCUT2D eigenvalue weighted by atomic mass is 19.4. The Bertz CT molecular complexity index is 485. The third-order valence-electron chi connectivity index (χ3n) is 2.98. The molecule has 1 aliphatic heterocycles. The van der Waals surface area contributed by atoms with Crippen molar-refractivity contribution in [2.75, 3.05) is 23.8 Å². The van der Waals surface area contributed by atoms with Crippen molar-refractivity contribution >= 4 is 17.3 Å². The Morgan fingerprint density at radius 3 is 2.67 bits per heavy atom. The van der Waals surface area contributed by atoms with Crippen molar-refractivity contribution in [2.45, 2.75) is 13.1 Å². The molecule has 98 valence electrons. The summed E-state index contributed by atoms with van der Waals surface area (Å²) in [5, 5.41) is 2.53. The number of benzene rings is 1. The molecule has 0 saturated heterocycles. The largest absolute Gasteiger partial charge is 0.418 e. The summed E-state index contributed by atoms with van der Waals surface area (Å²) in [6.07, 6.45) is -4.43. The van der Waals surface area contributed by atoms with E-state index >= 15 is 0 Å². The van der Waals surface area contributed by atoms with Crippen LogP contribution in [0.5, 0.6) is 0 Å². The topological polar surface area (TPSA) is 32.3 Å². The van der Waals surface area contributed by atoms with E-state index in [-0.39, 0.29) is 29.7 Å². The molecule has 0 radical (unpaired) electrons. The van der Waals surface area contributed by atoms with Crippen LogP contribution in [0.25, 0.3) is 0 Å². The number of halogens is 3. The van der Waals surface area contributed by atoms with Gasteiger partial charge in [0.25, 0.3) is 0 Å². The lowest BCUT2D eigenvalue weighted by molar-refractivity contribution is -0.137. The number of carbonyl (C=O) groups excluding carboxylic acids is 1. The van der Waals surface area contributed by atoms with Gasteiger partial charge in [0.1, 0.15) is 0 Å². The molecule has 1 heterocycles. The summed E-state index contributed by atoms with van der Waals surface area (Å²) in [5.74, 6) is -0.622. The van der Waals surface area contributed by atoms with Gasteiger partial charge in [-0.2, -0.15) is 13.2 Å². The number of hydrogen-bond acceptors (Lipinski definition) is 2. The maximum atomic E-state index is 12.9. The molecule has 0 spiro atoms. The minimum absolute atomic E-state index is 0.0303. The van der Waals surface area contributed by atoms with Gasteiger partial charge < -0.3 is 10.2 Å². The summed E-state index contributed by atoms with van der Waals surface area (Å²) in [6.45, 7) is 1.94. The predicted molar refractivity (Wildman–Crippen MR) is 62.5 cm³/mol. The number of anilines is 2. The Labute approximate surface area is 103 Å². The lowest BCUT2D eigenvalue weighted by Crippen LogP contribution is -2.28. The highest BCUT2D eigenvalue weighted by Crippen LogP contribution is 2.41. The summed E-state index contributed by atoms with van der Waals surface area (Å²) >= 11 is 0. The van der Waals surface area contributed by atoms with Crippen LogP contribution in [0, 0.1) is 5.92 Å². The zero-order chi connectivity index (χ0) is 13.5. The minimum atomic E-state index is -4.43. The SMILES string of the molecule is CC1CN(C)c2c(cccc2C(F)(F)F)NC1=O. The number of hydrogen-bond donors (Lipinski definition) is 1. The molecule has 1 N–H and O–H groups in total. The van der Waals surface area contributed by atoms with E-state index in [4.69, 9.17) is 0 Å². The highest BCUT2D eigenvalue weighted by molar-refractivity contribution is 5.98. The van der Waals surface area contributed by atoms with Crippen molar-refractivity contribution in [3.63, 3.8) is 0 Å². The van der Waals surface area contributed by atoms with Gasteiger partial charge in [0, 0.05) is 13.6 Å². The fourth-order valence-electron chi connectivity index (χ4n) is 2.13. The third kappa shape index (κ3) is 2.14. The molecule has 6 heteroatoms. The maximum Gasteiger partial charge on any atom is 0.418 e. The molecule has 1 unspecified atom stereocenters. The molecule has 0 saturated carbocycles. The van der Waals surface area contributed by atoms with Gasteiger partial charge in [-0.15, -0.1) is 0 Å². The van der Waals surface area contributed by atoms with E-state index in [9.17, 15) is 18.0 Å². The van der Waals surface area contributed by atoms with Gasteiger partial charge in [-0.25, -0.2) is 0 Å². The van der Waals surface area contributed by atoms with E-state index in [1.165, 1.54) is 17.0 Å². The van der Waals surface area contributed by atoms with Crippen molar-refractivity contribution in [3.05, 3.63) is 23.8 Å². The lowest BCUT2D eigenvalue weighted by Gasteiger charge is -2.24. The third-order valence-corrected chi connectivity index (χ3v) is 2.98. The van der Waals surface area contributed by atoms with Gasteiger partial charge in [0.05, 0.1) is 22.9 Å². The Balaban J connectivity index is 2.59. The van der Waals surface area contributed by atoms with Gasteiger partial charge in [0.2, 0.25) is 5.91 Å². The fourth-order valence-corrected chi connectivity index (χ4v) is 2.13. The van der Waals surface area contributed by atoms with Crippen LogP contribution in [-0.2, 0) is 11.0 Å². The number of carbonyl (C=O) groups is 1. The van der Waals surface area contributed by atoms with E-state index < -0.39 is 11.7 Å². The van der Waals surface area contributed by atoms with Crippen molar-refractivity contribution in [3.8, 4) is 0 Å². The molecule has 1 aliphatic rings. The zero-order valence-electron chi connectivity index (χ0n) is 10.0. The van der Waals surface area contributed by atoms with Crippen LogP contribution < -0.4 is 10.2 Å². The van der Waals surface area contributed by atoms with E-state index in [1.54, 1.807) is 14.0 Å². The number of alkyl halides is 3. The van der Waals surface area contributed by atoms with Gasteiger partial charge in [-0.1, -0.05) is 13.0 Å². The first-order valence-corrected chi connectivity index (χ1v) is 5.53. The summed E-state index contributed by atoms with van der Waals surface area (Å²) < 4.78 is 38.8. The maximum absolute atomic E-state index is 12.9. The van der Waals surface area contributed by atoms with Crippen LogP contribution in [0.3, 0.4) is 0 Å². The molecular formula is C12H13F3N2O. The highest BCUT2D eigenvalue weighted by Gasteiger charge is 2.37. The molecule has 1 atom stereocenters. The molecule has 0 aromatic heterocycles. The number of rotatable bonds is 0.